The van der Waals surface area contributed by atoms with Gasteiger partial charge >= 0.3 is 0 Å². The van der Waals surface area contributed by atoms with Crippen LogP contribution in [0, 0.1) is 6.92 Å². The molecule has 0 unspecified atom stereocenters. The number of aryl methyl sites for hydroxylation is 1. The lowest BCUT2D eigenvalue weighted by Gasteiger charge is -2.31. The number of carbonyl (C=O) groups is 1. The highest BCUT2D eigenvalue weighted by molar-refractivity contribution is 7.89. The third-order valence-electron chi connectivity index (χ3n) is 4.89. The molecule has 2 aromatic rings. The maximum atomic E-state index is 12.9. The van der Waals surface area contributed by atoms with E-state index in [1.54, 1.807) is 6.92 Å². The van der Waals surface area contributed by atoms with Gasteiger partial charge in [0, 0.05) is 39.3 Å². The molecule has 1 aliphatic heterocycles. The summed E-state index contributed by atoms with van der Waals surface area (Å²) in [5.41, 5.74) is 0.190. The van der Waals surface area contributed by atoms with Crippen LogP contribution in [0.25, 0.3) is 0 Å². The van der Waals surface area contributed by atoms with Crippen LogP contribution in [0.1, 0.15) is 29.1 Å². The molecular weight excluding hydrogens is 432 g/mol. The maximum absolute atomic E-state index is 12.9. The number of amides is 1. The Morgan fingerprint density at radius 1 is 1.10 bits per heavy atom. The first-order chi connectivity index (χ1) is 14.0. The summed E-state index contributed by atoms with van der Waals surface area (Å²) >= 11 is 0. The van der Waals surface area contributed by atoms with Crippen molar-refractivity contribution in [1.29, 1.82) is 0 Å². The lowest BCUT2D eigenvalue weighted by Crippen LogP contribution is -2.46. The fraction of sp³-hybridized carbons (Fsp3) is 0.444. The minimum Gasteiger partial charge on any atom is -0.361 e. The quantitative estimate of drug-likeness (QED) is 0.681. The molecule has 0 radical (unpaired) electrons. The molecule has 1 N–H and O–H groups in total. The van der Waals surface area contributed by atoms with Crippen LogP contribution in [0.2, 0.25) is 0 Å². The van der Waals surface area contributed by atoms with Gasteiger partial charge in [0.2, 0.25) is 20.0 Å². The molecule has 30 heavy (non-hydrogen) atoms. The first kappa shape index (κ1) is 22.4. The van der Waals surface area contributed by atoms with Crippen LogP contribution in [-0.4, -0.2) is 69.7 Å². The van der Waals surface area contributed by atoms with Gasteiger partial charge in [0.1, 0.15) is 5.76 Å². The fourth-order valence-electron chi connectivity index (χ4n) is 3.12. The van der Waals surface area contributed by atoms with E-state index in [0.717, 1.165) is 4.31 Å². The van der Waals surface area contributed by atoms with E-state index in [4.69, 9.17) is 4.52 Å². The third kappa shape index (κ3) is 4.56. The van der Waals surface area contributed by atoms with Crippen molar-refractivity contribution >= 4 is 26.0 Å². The van der Waals surface area contributed by atoms with Crippen LogP contribution in [0.5, 0.6) is 0 Å². The Morgan fingerprint density at radius 3 is 2.17 bits per heavy atom. The van der Waals surface area contributed by atoms with E-state index in [1.807, 2.05) is 0 Å². The molecule has 0 bridgehead atoms. The SMILES string of the molecule is Cc1cc(C(=O)NC2CCN(S(=O)(=O)c3ccc(S(=O)(=O)N(C)C)cc3)CC2)no1. The molecule has 3 rings (SSSR count). The molecule has 1 aliphatic rings. The first-order valence-electron chi connectivity index (χ1n) is 9.29. The molecule has 2 heterocycles. The van der Waals surface area contributed by atoms with Gasteiger partial charge in [0.05, 0.1) is 9.79 Å². The number of carbonyl (C=O) groups excluding carboxylic acids is 1. The van der Waals surface area contributed by atoms with Crippen LogP contribution >= 0.6 is 0 Å². The molecule has 1 aromatic heterocycles. The van der Waals surface area contributed by atoms with Crippen LogP contribution in [-0.2, 0) is 20.0 Å². The summed E-state index contributed by atoms with van der Waals surface area (Å²) in [7, 11) is -4.57. The highest BCUT2D eigenvalue weighted by Gasteiger charge is 2.31. The number of nitrogens with zero attached hydrogens (tertiary/aromatic N) is 3. The topological polar surface area (TPSA) is 130 Å². The molecule has 12 heteroatoms. The zero-order chi connectivity index (χ0) is 22.1. The van der Waals surface area contributed by atoms with Crippen molar-refractivity contribution in [3.05, 3.63) is 41.8 Å². The summed E-state index contributed by atoms with van der Waals surface area (Å²) < 4.78 is 57.4. The van der Waals surface area contributed by atoms with E-state index >= 15 is 0 Å². The maximum Gasteiger partial charge on any atom is 0.273 e. The minimum absolute atomic E-state index is 0.0240. The van der Waals surface area contributed by atoms with Crippen LogP contribution in [0.3, 0.4) is 0 Å². The minimum atomic E-state index is -3.76. The van der Waals surface area contributed by atoms with E-state index < -0.39 is 20.0 Å². The number of hydrogen-bond donors (Lipinski definition) is 1. The van der Waals surface area contributed by atoms with E-state index in [0.29, 0.717) is 18.6 Å². The molecule has 0 aliphatic carbocycles. The molecule has 164 valence electrons. The molecule has 1 saturated heterocycles. The Balaban J connectivity index is 1.64. The summed E-state index contributed by atoms with van der Waals surface area (Å²) in [6.07, 6.45) is 0.907. The van der Waals surface area contributed by atoms with Gasteiger partial charge in [-0.2, -0.15) is 4.31 Å². The number of nitrogens with one attached hydrogen (secondary N) is 1. The first-order valence-corrected chi connectivity index (χ1v) is 12.2. The van der Waals surface area contributed by atoms with Gasteiger partial charge in [0.15, 0.2) is 5.69 Å². The van der Waals surface area contributed by atoms with Gasteiger partial charge in [-0.15, -0.1) is 0 Å². The van der Waals surface area contributed by atoms with Gasteiger partial charge in [-0.1, -0.05) is 5.16 Å². The van der Waals surface area contributed by atoms with Crippen molar-refractivity contribution in [2.45, 2.75) is 35.6 Å². The number of benzene rings is 1. The average molecular weight is 457 g/mol. The second kappa shape index (κ2) is 8.46. The predicted molar refractivity (Wildman–Crippen MR) is 108 cm³/mol. The Morgan fingerprint density at radius 2 is 1.67 bits per heavy atom. The van der Waals surface area contributed by atoms with Crippen LogP contribution < -0.4 is 5.32 Å². The van der Waals surface area contributed by atoms with E-state index in [9.17, 15) is 21.6 Å². The summed E-state index contributed by atoms with van der Waals surface area (Å²) in [5, 5.41) is 6.51. The van der Waals surface area contributed by atoms with Gasteiger partial charge in [-0.3, -0.25) is 4.79 Å². The Bertz CT molecular complexity index is 1120. The molecule has 1 fully saturated rings. The molecule has 0 saturated carbocycles. The van der Waals surface area contributed by atoms with E-state index in [1.165, 1.54) is 48.7 Å². The van der Waals surface area contributed by atoms with Gasteiger partial charge in [-0.25, -0.2) is 21.1 Å². The molecule has 1 amide bonds. The normalized spacial score (nSPS) is 16.7. The highest BCUT2D eigenvalue weighted by Crippen LogP contribution is 2.23. The fourth-order valence-corrected chi connectivity index (χ4v) is 5.49. The lowest BCUT2D eigenvalue weighted by atomic mass is 10.1. The standard InChI is InChI=1S/C18H24N4O6S2/c1-13-12-17(20-28-13)18(23)19-14-8-10-22(11-9-14)30(26,27)16-6-4-15(5-7-16)29(24,25)21(2)3/h4-7,12,14H,8-11H2,1-3H3,(H,19,23). The smallest absolute Gasteiger partial charge is 0.273 e. The largest absolute Gasteiger partial charge is 0.361 e. The van der Waals surface area contributed by atoms with Gasteiger partial charge in [0.25, 0.3) is 5.91 Å². The van der Waals surface area contributed by atoms with Crippen LogP contribution in [0.15, 0.2) is 44.6 Å². The summed E-state index contributed by atoms with van der Waals surface area (Å²) in [4.78, 5) is 12.2. The Hall–Kier alpha value is -2.28. The monoisotopic (exact) mass is 456 g/mol. The summed E-state index contributed by atoms with van der Waals surface area (Å²) in [6, 6.07) is 6.53. The number of hydrogen-bond acceptors (Lipinski definition) is 7. The van der Waals surface area contributed by atoms with Crippen molar-refractivity contribution in [3.63, 3.8) is 0 Å². The summed E-state index contributed by atoms with van der Waals surface area (Å²) in [6.45, 7) is 2.17. The highest BCUT2D eigenvalue weighted by atomic mass is 32.2. The zero-order valence-electron chi connectivity index (χ0n) is 16.9. The van der Waals surface area contributed by atoms with Gasteiger partial charge < -0.3 is 9.84 Å². The zero-order valence-corrected chi connectivity index (χ0v) is 18.5. The molecule has 10 nitrogen and oxygen atoms in total. The predicted octanol–water partition coefficient (Wildman–Crippen LogP) is 0.816. The molecule has 0 spiro atoms. The van der Waals surface area contributed by atoms with Crippen LogP contribution in [0.4, 0.5) is 0 Å². The summed E-state index contributed by atoms with van der Waals surface area (Å²) in [5.74, 6) is 0.177. The van der Waals surface area contributed by atoms with Gasteiger partial charge in [-0.05, 0) is 44.0 Å². The molecule has 0 atom stereocenters. The number of sulfonamides is 2. The number of aromatic nitrogens is 1. The van der Waals surface area contributed by atoms with Crippen molar-refractivity contribution in [3.8, 4) is 0 Å². The van der Waals surface area contributed by atoms with Crippen molar-refractivity contribution in [2.24, 2.45) is 0 Å². The van der Waals surface area contributed by atoms with Crippen molar-refractivity contribution in [1.82, 2.24) is 19.1 Å². The average Bonchev–Trinajstić information content (AvgIpc) is 3.15. The Labute approximate surface area is 175 Å². The van der Waals surface area contributed by atoms with Crippen molar-refractivity contribution in [2.75, 3.05) is 27.2 Å². The Kier molecular flexibility index (Phi) is 6.32. The van der Waals surface area contributed by atoms with E-state index in [-0.39, 0.29) is 40.5 Å². The second-order valence-electron chi connectivity index (χ2n) is 7.23. The third-order valence-corrected chi connectivity index (χ3v) is 8.63. The lowest BCUT2D eigenvalue weighted by molar-refractivity contribution is 0.0914. The number of piperidine rings is 1. The van der Waals surface area contributed by atoms with E-state index in [2.05, 4.69) is 10.5 Å². The number of rotatable bonds is 6. The van der Waals surface area contributed by atoms with Crippen molar-refractivity contribution < 1.29 is 26.2 Å². The molecular formula is C18H24N4O6S2. The molecule has 1 aromatic carbocycles. The second-order valence-corrected chi connectivity index (χ2v) is 11.3.